The van der Waals surface area contributed by atoms with E-state index in [1.54, 1.807) is 6.92 Å². The maximum Gasteiger partial charge on any atom is 0.156 e. The molecule has 1 aliphatic heterocycles. The first kappa shape index (κ1) is 11.9. The third kappa shape index (κ3) is 2.45. The molecule has 0 radical (unpaired) electrons. The number of likely N-dealkylation sites (N-methyl/N-ethyl adjacent to an activating group) is 1. The number of aliphatic hydroxyl groups is 2. The molecular weight excluding hydrogens is 182 g/mol. The lowest BCUT2D eigenvalue weighted by Crippen LogP contribution is -2.54. The van der Waals surface area contributed by atoms with Crippen molar-refractivity contribution in [3.8, 4) is 0 Å². The highest BCUT2D eigenvalue weighted by Gasteiger charge is 2.36. The van der Waals surface area contributed by atoms with E-state index in [0.717, 1.165) is 13.1 Å². The summed E-state index contributed by atoms with van der Waals surface area (Å²) in [6.07, 6.45) is -1.03. The van der Waals surface area contributed by atoms with Crippen LogP contribution in [0.1, 0.15) is 27.2 Å². The lowest BCUT2D eigenvalue weighted by atomic mass is 9.98. The smallest absolute Gasteiger partial charge is 0.156 e. The summed E-state index contributed by atoms with van der Waals surface area (Å²) >= 11 is 0. The Balaban J connectivity index is 2.64. The van der Waals surface area contributed by atoms with Gasteiger partial charge in [0.2, 0.25) is 0 Å². The molecule has 0 aromatic rings. The predicted octanol–water partition coefficient (Wildman–Crippen LogP) is 0.185. The summed E-state index contributed by atoms with van der Waals surface area (Å²) in [7, 11) is 0. The van der Waals surface area contributed by atoms with Crippen LogP contribution in [0.15, 0.2) is 0 Å². The van der Waals surface area contributed by atoms with Crippen molar-refractivity contribution in [2.75, 3.05) is 13.1 Å². The normalized spacial score (nSPS) is 39.0. The fraction of sp³-hybridized carbons (Fsp3) is 1.00. The Hall–Kier alpha value is -0.160. The Morgan fingerprint density at radius 2 is 1.86 bits per heavy atom. The van der Waals surface area contributed by atoms with Crippen LogP contribution in [0.2, 0.25) is 0 Å². The summed E-state index contributed by atoms with van der Waals surface area (Å²) in [6.45, 7) is 7.68. The van der Waals surface area contributed by atoms with Gasteiger partial charge in [0.15, 0.2) is 6.29 Å². The van der Waals surface area contributed by atoms with Crippen molar-refractivity contribution in [3.63, 3.8) is 0 Å². The van der Waals surface area contributed by atoms with Gasteiger partial charge in [0.05, 0.1) is 12.2 Å². The van der Waals surface area contributed by atoms with Gasteiger partial charge >= 0.3 is 0 Å². The monoisotopic (exact) mass is 203 g/mol. The molecule has 0 aromatic carbocycles. The minimum absolute atomic E-state index is 0.0174. The van der Waals surface area contributed by atoms with Crippen molar-refractivity contribution in [2.24, 2.45) is 0 Å². The van der Waals surface area contributed by atoms with Crippen LogP contribution >= 0.6 is 0 Å². The van der Waals surface area contributed by atoms with Crippen LogP contribution in [0, 0.1) is 0 Å². The van der Waals surface area contributed by atoms with Gasteiger partial charge in [-0.25, -0.2) is 0 Å². The Labute approximate surface area is 85.5 Å². The van der Waals surface area contributed by atoms with Gasteiger partial charge in [-0.3, -0.25) is 4.90 Å². The number of aliphatic hydroxyl groups excluding tert-OH is 2. The second-order valence-electron chi connectivity index (χ2n) is 3.81. The van der Waals surface area contributed by atoms with Gasteiger partial charge in [-0.15, -0.1) is 0 Å². The molecule has 1 saturated heterocycles. The minimum atomic E-state index is -0.737. The van der Waals surface area contributed by atoms with Crippen LogP contribution in [0.5, 0.6) is 0 Å². The third-order valence-corrected chi connectivity index (χ3v) is 2.97. The van der Waals surface area contributed by atoms with Gasteiger partial charge in [-0.2, -0.15) is 0 Å². The highest BCUT2D eigenvalue weighted by molar-refractivity contribution is 4.86. The molecule has 0 amide bonds. The number of hydrogen-bond acceptors (Lipinski definition) is 4. The first-order valence-electron chi connectivity index (χ1n) is 5.35. The zero-order valence-electron chi connectivity index (χ0n) is 9.18. The molecule has 4 nitrogen and oxygen atoms in total. The molecule has 1 fully saturated rings. The van der Waals surface area contributed by atoms with Gasteiger partial charge in [0.1, 0.15) is 0 Å². The molecule has 0 aromatic heterocycles. The molecule has 1 rings (SSSR count). The summed E-state index contributed by atoms with van der Waals surface area (Å²) in [4.78, 5) is 2.16. The third-order valence-electron chi connectivity index (χ3n) is 2.97. The van der Waals surface area contributed by atoms with Crippen molar-refractivity contribution in [1.82, 2.24) is 4.90 Å². The van der Waals surface area contributed by atoms with Crippen LogP contribution in [-0.2, 0) is 4.74 Å². The van der Waals surface area contributed by atoms with Crippen molar-refractivity contribution in [1.29, 1.82) is 0 Å². The zero-order chi connectivity index (χ0) is 10.7. The maximum absolute atomic E-state index is 9.91. The van der Waals surface area contributed by atoms with Gasteiger partial charge in [-0.1, -0.05) is 13.8 Å². The number of rotatable bonds is 3. The second-order valence-corrected chi connectivity index (χ2v) is 3.81. The Morgan fingerprint density at radius 1 is 1.29 bits per heavy atom. The van der Waals surface area contributed by atoms with Crippen molar-refractivity contribution < 1.29 is 14.9 Å². The second kappa shape index (κ2) is 5.07. The average molecular weight is 203 g/mol. The molecular formula is C10H21NO3. The molecule has 4 atom stereocenters. The van der Waals surface area contributed by atoms with E-state index in [0.29, 0.717) is 6.42 Å². The van der Waals surface area contributed by atoms with E-state index in [-0.39, 0.29) is 12.1 Å². The van der Waals surface area contributed by atoms with E-state index in [4.69, 9.17) is 4.74 Å². The standard InChI is InChI=1S/C10H21NO3/c1-4-11(5-2)8-6-9(12)14-7(3)10(8)13/h7-10,12-13H,4-6H2,1-3H3/t7?,8?,9-,10-/m1/s1. The molecule has 1 heterocycles. The van der Waals surface area contributed by atoms with Gasteiger partial charge in [-0.05, 0) is 20.0 Å². The summed E-state index contributed by atoms with van der Waals surface area (Å²) in [6, 6.07) is 0.0174. The van der Waals surface area contributed by atoms with Crippen molar-refractivity contribution >= 4 is 0 Å². The largest absolute Gasteiger partial charge is 0.389 e. The number of nitrogens with zero attached hydrogens (tertiary/aromatic N) is 1. The van der Waals surface area contributed by atoms with Crippen LogP contribution in [0.3, 0.4) is 0 Å². The highest BCUT2D eigenvalue weighted by Crippen LogP contribution is 2.22. The minimum Gasteiger partial charge on any atom is -0.389 e. The van der Waals surface area contributed by atoms with Crippen LogP contribution in [0.25, 0.3) is 0 Å². The molecule has 0 spiro atoms. The van der Waals surface area contributed by atoms with E-state index in [9.17, 15) is 10.2 Å². The summed E-state index contributed by atoms with van der Waals surface area (Å²) in [5.41, 5.74) is 0. The molecule has 14 heavy (non-hydrogen) atoms. The predicted molar refractivity (Wildman–Crippen MR) is 53.9 cm³/mol. The number of ether oxygens (including phenoxy) is 1. The van der Waals surface area contributed by atoms with Gasteiger partial charge in [0, 0.05) is 12.5 Å². The van der Waals surface area contributed by atoms with Crippen LogP contribution in [-0.4, -0.2) is 52.7 Å². The fourth-order valence-electron chi connectivity index (χ4n) is 2.10. The molecule has 2 unspecified atom stereocenters. The molecule has 0 bridgehead atoms. The summed E-state index contributed by atoms with van der Waals surface area (Å²) in [5, 5.41) is 19.4. The Morgan fingerprint density at radius 3 is 2.36 bits per heavy atom. The molecule has 2 N–H and O–H groups in total. The summed E-state index contributed by atoms with van der Waals surface area (Å²) in [5.74, 6) is 0. The Kier molecular flexibility index (Phi) is 4.31. The van der Waals surface area contributed by atoms with Crippen molar-refractivity contribution in [3.05, 3.63) is 0 Å². The first-order chi connectivity index (χ1) is 6.60. The van der Waals surface area contributed by atoms with Crippen LogP contribution in [0.4, 0.5) is 0 Å². The molecule has 0 saturated carbocycles. The van der Waals surface area contributed by atoms with E-state index < -0.39 is 12.4 Å². The SMILES string of the molecule is CCN(CC)C1C[C@H](O)OC(C)[C@H]1O. The van der Waals surface area contributed by atoms with Crippen LogP contribution < -0.4 is 0 Å². The topological polar surface area (TPSA) is 52.9 Å². The molecule has 4 heteroatoms. The zero-order valence-corrected chi connectivity index (χ0v) is 9.18. The first-order valence-corrected chi connectivity index (χ1v) is 5.35. The van der Waals surface area contributed by atoms with Gasteiger partial charge in [0.25, 0.3) is 0 Å². The van der Waals surface area contributed by atoms with E-state index in [2.05, 4.69) is 18.7 Å². The fourth-order valence-corrected chi connectivity index (χ4v) is 2.10. The van der Waals surface area contributed by atoms with E-state index in [1.165, 1.54) is 0 Å². The molecule has 84 valence electrons. The lowest BCUT2D eigenvalue weighted by molar-refractivity contribution is -0.215. The quantitative estimate of drug-likeness (QED) is 0.687. The summed E-state index contributed by atoms with van der Waals surface area (Å²) < 4.78 is 5.15. The maximum atomic E-state index is 9.91. The lowest BCUT2D eigenvalue weighted by Gasteiger charge is -2.41. The highest BCUT2D eigenvalue weighted by atomic mass is 16.6. The average Bonchev–Trinajstić information content (AvgIpc) is 2.15. The van der Waals surface area contributed by atoms with Gasteiger partial charge < -0.3 is 14.9 Å². The Bertz CT molecular complexity index is 171. The van der Waals surface area contributed by atoms with Crippen molar-refractivity contribution in [2.45, 2.75) is 51.7 Å². The van der Waals surface area contributed by atoms with E-state index >= 15 is 0 Å². The molecule has 1 aliphatic rings. The number of hydrogen-bond donors (Lipinski definition) is 2. The molecule has 0 aliphatic carbocycles. The van der Waals surface area contributed by atoms with E-state index in [1.807, 2.05) is 0 Å².